The van der Waals surface area contributed by atoms with Crippen molar-refractivity contribution in [2.75, 3.05) is 0 Å². The normalized spacial score (nSPS) is 10.3. The fourth-order valence-corrected chi connectivity index (χ4v) is 0.910. The zero-order chi connectivity index (χ0) is 8.55. The van der Waals surface area contributed by atoms with Crippen molar-refractivity contribution >= 4 is 23.7 Å². The Kier molecular flexibility index (Phi) is 1.30. The first kappa shape index (κ1) is 6.78. The fraction of sp³-hybridized carbons (Fsp3) is 0. The molecule has 0 aliphatic carbocycles. The Bertz CT molecular complexity index is 439. The minimum absolute atomic E-state index is 0.0469. The number of hydrogen-bond acceptors (Lipinski definition) is 5. The Morgan fingerprint density at radius 1 is 1.33 bits per heavy atom. The van der Waals surface area contributed by atoms with E-state index in [2.05, 4.69) is 4.98 Å². The largest absolute Gasteiger partial charge is 0.455 e. The van der Waals surface area contributed by atoms with E-state index < -0.39 is 0 Å². The molecule has 2 rings (SSSR count). The first-order chi connectivity index (χ1) is 5.85. The summed E-state index contributed by atoms with van der Waals surface area (Å²) < 4.78 is 9.64. The van der Waals surface area contributed by atoms with Gasteiger partial charge < -0.3 is 8.83 Å². The lowest BCUT2D eigenvalue weighted by Crippen LogP contribution is -1.75. The number of aldehydes is 2. The number of furan rings is 1. The van der Waals surface area contributed by atoms with Crippen LogP contribution >= 0.6 is 0 Å². The van der Waals surface area contributed by atoms with Gasteiger partial charge in [-0.25, -0.2) is 4.98 Å². The molecule has 0 N–H and O–H groups in total. The zero-order valence-electron chi connectivity index (χ0n) is 5.81. The predicted octanol–water partition coefficient (Wildman–Crippen LogP) is 1.05. The van der Waals surface area contributed by atoms with Crippen LogP contribution in [0.1, 0.15) is 21.2 Å². The van der Waals surface area contributed by atoms with Crippen molar-refractivity contribution in [1.82, 2.24) is 4.98 Å². The number of rotatable bonds is 2. The molecule has 0 saturated carbocycles. The highest BCUT2D eigenvalue weighted by atomic mass is 16.4. The molecule has 0 atom stereocenters. The summed E-state index contributed by atoms with van der Waals surface area (Å²) in [7, 11) is 0. The summed E-state index contributed by atoms with van der Waals surface area (Å²) in [5.74, 6) is -0.00972. The lowest BCUT2D eigenvalue weighted by Gasteiger charge is -1.77. The summed E-state index contributed by atoms with van der Waals surface area (Å²) in [5.41, 5.74) is 0.589. The molecule has 0 unspecified atom stereocenters. The number of fused-ring (bicyclic) bond motifs is 1. The van der Waals surface area contributed by atoms with Gasteiger partial charge in [0.05, 0.1) is 0 Å². The third-order valence-electron chi connectivity index (χ3n) is 1.40. The molecule has 5 heteroatoms. The van der Waals surface area contributed by atoms with E-state index in [-0.39, 0.29) is 17.2 Å². The Balaban J connectivity index is 2.75. The van der Waals surface area contributed by atoms with Gasteiger partial charge in [0, 0.05) is 0 Å². The highest BCUT2D eigenvalue weighted by molar-refractivity contribution is 5.91. The number of carbonyl (C=O) groups excluding carboxylic acids is 2. The van der Waals surface area contributed by atoms with Gasteiger partial charge in [0.2, 0.25) is 17.6 Å². The van der Waals surface area contributed by atoms with Gasteiger partial charge in [0.15, 0.2) is 6.29 Å². The number of nitrogens with zero attached hydrogens (tertiary/aromatic N) is 1. The molecule has 0 amide bonds. The summed E-state index contributed by atoms with van der Waals surface area (Å²) in [4.78, 5) is 24.2. The van der Waals surface area contributed by atoms with Crippen molar-refractivity contribution in [3.05, 3.63) is 17.9 Å². The van der Waals surface area contributed by atoms with Crippen LogP contribution in [0.5, 0.6) is 0 Å². The SMILES string of the molecule is O=Cc1nc2coc(C=O)c2o1. The van der Waals surface area contributed by atoms with E-state index in [4.69, 9.17) is 8.83 Å². The smallest absolute Gasteiger partial charge is 0.261 e. The number of hydrogen-bond donors (Lipinski definition) is 0. The molecule has 0 fully saturated rings. The molecule has 0 aliphatic heterocycles. The second kappa shape index (κ2) is 2.30. The fourth-order valence-electron chi connectivity index (χ4n) is 0.910. The molecule has 0 spiro atoms. The van der Waals surface area contributed by atoms with Crippen molar-refractivity contribution in [2.24, 2.45) is 0 Å². The van der Waals surface area contributed by atoms with E-state index in [1.807, 2.05) is 0 Å². The van der Waals surface area contributed by atoms with Crippen LogP contribution in [0, 0.1) is 0 Å². The van der Waals surface area contributed by atoms with Crippen LogP contribution in [0.25, 0.3) is 11.1 Å². The molecule has 2 aromatic rings. The molecule has 0 saturated heterocycles. The quantitative estimate of drug-likeness (QED) is 0.621. The van der Waals surface area contributed by atoms with Gasteiger partial charge >= 0.3 is 0 Å². The van der Waals surface area contributed by atoms with Crippen LogP contribution in [-0.2, 0) is 0 Å². The molecule has 5 nitrogen and oxygen atoms in total. The monoisotopic (exact) mass is 165 g/mol. The van der Waals surface area contributed by atoms with Crippen LogP contribution < -0.4 is 0 Å². The molecule has 0 bridgehead atoms. The van der Waals surface area contributed by atoms with Gasteiger partial charge in [-0.05, 0) is 0 Å². The average Bonchev–Trinajstić information content (AvgIpc) is 2.61. The van der Waals surface area contributed by atoms with Crippen LogP contribution in [0.3, 0.4) is 0 Å². The molecular formula is C7H3NO4. The van der Waals surface area contributed by atoms with Crippen molar-refractivity contribution in [3.8, 4) is 0 Å². The van der Waals surface area contributed by atoms with Crippen molar-refractivity contribution in [3.63, 3.8) is 0 Å². The van der Waals surface area contributed by atoms with Gasteiger partial charge in [-0.15, -0.1) is 0 Å². The zero-order valence-corrected chi connectivity index (χ0v) is 5.81. The lowest BCUT2D eigenvalue weighted by molar-refractivity contribution is 0.108. The van der Waals surface area contributed by atoms with Crippen LogP contribution in [-0.4, -0.2) is 17.6 Å². The van der Waals surface area contributed by atoms with Gasteiger partial charge in [-0.3, -0.25) is 9.59 Å². The van der Waals surface area contributed by atoms with Gasteiger partial charge in [0.25, 0.3) is 5.89 Å². The van der Waals surface area contributed by atoms with Crippen LogP contribution in [0.15, 0.2) is 15.1 Å². The van der Waals surface area contributed by atoms with Crippen molar-refractivity contribution < 1.29 is 18.4 Å². The van der Waals surface area contributed by atoms with Crippen molar-refractivity contribution in [2.45, 2.75) is 0 Å². The maximum absolute atomic E-state index is 10.3. The van der Waals surface area contributed by atoms with E-state index in [9.17, 15) is 9.59 Å². The van der Waals surface area contributed by atoms with E-state index in [0.717, 1.165) is 0 Å². The van der Waals surface area contributed by atoms with Crippen LogP contribution in [0.2, 0.25) is 0 Å². The predicted molar refractivity (Wildman–Crippen MR) is 37.0 cm³/mol. The minimum atomic E-state index is -0.0566. The Labute approximate surface area is 66.0 Å². The summed E-state index contributed by atoms with van der Waals surface area (Å²) in [6.07, 6.45) is 2.23. The van der Waals surface area contributed by atoms with Crippen LogP contribution in [0.4, 0.5) is 0 Å². The highest BCUT2D eigenvalue weighted by Gasteiger charge is 2.12. The second-order valence-corrected chi connectivity index (χ2v) is 2.10. The first-order valence-electron chi connectivity index (χ1n) is 3.13. The van der Waals surface area contributed by atoms with E-state index >= 15 is 0 Å². The Morgan fingerprint density at radius 3 is 2.83 bits per heavy atom. The molecule has 0 aromatic carbocycles. The number of carbonyl (C=O) groups is 2. The summed E-state index contributed by atoms with van der Waals surface area (Å²) in [6.45, 7) is 0. The molecule has 12 heavy (non-hydrogen) atoms. The van der Waals surface area contributed by atoms with E-state index in [0.29, 0.717) is 18.1 Å². The first-order valence-corrected chi connectivity index (χ1v) is 3.13. The molecule has 2 heterocycles. The molecular weight excluding hydrogens is 162 g/mol. The summed E-state index contributed by atoms with van der Waals surface area (Å²) >= 11 is 0. The Morgan fingerprint density at radius 2 is 2.17 bits per heavy atom. The van der Waals surface area contributed by atoms with Gasteiger partial charge in [0.1, 0.15) is 11.8 Å². The standard InChI is InChI=1S/C7H3NO4/c9-1-5-7-4(3-11-5)8-6(2-10)12-7/h1-3H. The maximum Gasteiger partial charge on any atom is 0.261 e. The average molecular weight is 165 g/mol. The second-order valence-electron chi connectivity index (χ2n) is 2.10. The molecule has 2 aromatic heterocycles. The minimum Gasteiger partial charge on any atom is -0.455 e. The highest BCUT2D eigenvalue weighted by Crippen LogP contribution is 2.19. The third kappa shape index (κ3) is 0.763. The number of aromatic nitrogens is 1. The topological polar surface area (TPSA) is 73.3 Å². The number of oxazole rings is 1. The van der Waals surface area contributed by atoms with Gasteiger partial charge in [-0.2, -0.15) is 0 Å². The summed E-state index contributed by atoms with van der Waals surface area (Å²) in [5, 5.41) is 0. The molecule has 0 radical (unpaired) electrons. The lowest BCUT2D eigenvalue weighted by atomic mass is 10.4. The van der Waals surface area contributed by atoms with E-state index in [1.165, 1.54) is 6.26 Å². The third-order valence-corrected chi connectivity index (χ3v) is 1.40. The maximum atomic E-state index is 10.3. The Hall–Kier alpha value is -1.91. The van der Waals surface area contributed by atoms with Gasteiger partial charge in [-0.1, -0.05) is 0 Å². The molecule has 0 aliphatic rings. The van der Waals surface area contributed by atoms with E-state index in [1.54, 1.807) is 0 Å². The van der Waals surface area contributed by atoms with Crippen molar-refractivity contribution in [1.29, 1.82) is 0 Å². The molecule has 60 valence electrons. The summed E-state index contributed by atoms with van der Waals surface area (Å²) in [6, 6.07) is 0.